The lowest BCUT2D eigenvalue weighted by molar-refractivity contribution is -0.119. The molecule has 0 spiro atoms. The van der Waals surface area contributed by atoms with Crippen LogP contribution in [0.2, 0.25) is 0 Å². The Balaban J connectivity index is 1.64. The second-order valence-corrected chi connectivity index (χ2v) is 9.61. The summed E-state index contributed by atoms with van der Waals surface area (Å²) in [4.78, 5) is 12.9. The highest BCUT2D eigenvalue weighted by Crippen LogP contribution is 2.31. The van der Waals surface area contributed by atoms with E-state index < -0.39 is 16.1 Å². The highest BCUT2D eigenvalue weighted by atomic mass is 32.2. The number of amides is 1. The Hall–Kier alpha value is -2.38. The lowest BCUT2D eigenvalue weighted by Crippen LogP contribution is -2.44. The van der Waals surface area contributed by atoms with Crippen LogP contribution in [-0.2, 0) is 21.4 Å². The molecule has 0 bridgehead atoms. The molecular formula is C22H27N3O3S. The maximum Gasteiger partial charge on any atom is 0.242 e. The molecule has 1 saturated heterocycles. The van der Waals surface area contributed by atoms with E-state index in [0.29, 0.717) is 31.5 Å². The number of carbonyl (C=O) groups excluding carboxylic acids is 1. The van der Waals surface area contributed by atoms with E-state index in [9.17, 15) is 13.2 Å². The van der Waals surface area contributed by atoms with Crippen molar-refractivity contribution < 1.29 is 13.2 Å². The molecule has 1 atom stereocenters. The molecule has 0 aliphatic carbocycles. The van der Waals surface area contributed by atoms with Crippen molar-refractivity contribution >= 4 is 43.4 Å². The molecule has 1 aliphatic heterocycles. The van der Waals surface area contributed by atoms with Crippen molar-refractivity contribution in [2.24, 2.45) is 0 Å². The number of anilines is 1. The summed E-state index contributed by atoms with van der Waals surface area (Å²) in [6.45, 7) is 5.24. The molecule has 4 rings (SSSR count). The minimum Gasteiger partial charge on any atom is -0.341 e. The number of carbonyl (C=O) groups is 1. The van der Waals surface area contributed by atoms with Crippen LogP contribution in [0.5, 0.6) is 0 Å². The SMILES string of the molecule is CCCS(=O)(=O)N1CCCC1C(=O)Nc1ccc2c(c1)c1ccccc1n2CC. The molecule has 3 aromatic rings. The Bertz CT molecular complexity index is 1170. The predicted octanol–water partition coefficient (Wildman–Crippen LogP) is 3.96. The Labute approximate surface area is 171 Å². The first-order valence-corrected chi connectivity index (χ1v) is 11.9. The maximum absolute atomic E-state index is 12.9. The lowest BCUT2D eigenvalue weighted by Gasteiger charge is -2.23. The number of nitrogens with zero attached hydrogens (tertiary/aromatic N) is 2. The van der Waals surface area contributed by atoms with Crippen molar-refractivity contribution in [3.63, 3.8) is 0 Å². The van der Waals surface area contributed by atoms with Gasteiger partial charge >= 0.3 is 0 Å². The van der Waals surface area contributed by atoms with Crippen molar-refractivity contribution in [3.05, 3.63) is 42.5 Å². The first kappa shape index (κ1) is 19.9. The van der Waals surface area contributed by atoms with Gasteiger partial charge in [-0.2, -0.15) is 4.31 Å². The average molecular weight is 414 g/mol. The summed E-state index contributed by atoms with van der Waals surface area (Å²) in [5.74, 6) is -0.167. The van der Waals surface area contributed by atoms with Gasteiger partial charge in [-0.05, 0) is 50.5 Å². The van der Waals surface area contributed by atoms with Gasteiger partial charge in [0.1, 0.15) is 6.04 Å². The van der Waals surface area contributed by atoms with Gasteiger partial charge in [0.25, 0.3) is 0 Å². The topological polar surface area (TPSA) is 71.4 Å². The highest BCUT2D eigenvalue weighted by Gasteiger charge is 2.38. The summed E-state index contributed by atoms with van der Waals surface area (Å²) in [5, 5.41) is 5.19. The van der Waals surface area contributed by atoms with Crippen LogP contribution in [0.4, 0.5) is 5.69 Å². The van der Waals surface area contributed by atoms with Gasteiger partial charge in [-0.3, -0.25) is 4.79 Å². The zero-order valence-corrected chi connectivity index (χ0v) is 17.7. The summed E-state index contributed by atoms with van der Waals surface area (Å²) in [6, 6.07) is 13.5. The third-order valence-electron chi connectivity index (χ3n) is 5.68. The Morgan fingerprint density at radius 2 is 1.86 bits per heavy atom. The first-order chi connectivity index (χ1) is 14.0. The number of rotatable bonds is 6. The molecule has 154 valence electrons. The molecule has 7 heteroatoms. The first-order valence-electron chi connectivity index (χ1n) is 10.3. The molecule has 29 heavy (non-hydrogen) atoms. The fraction of sp³-hybridized carbons (Fsp3) is 0.409. The zero-order chi connectivity index (χ0) is 20.6. The van der Waals surface area contributed by atoms with Gasteiger partial charge in [0.15, 0.2) is 0 Å². The van der Waals surface area contributed by atoms with Gasteiger partial charge in [-0.25, -0.2) is 8.42 Å². The maximum atomic E-state index is 12.9. The van der Waals surface area contributed by atoms with Gasteiger partial charge in [-0.15, -0.1) is 0 Å². The van der Waals surface area contributed by atoms with Gasteiger partial charge in [0.05, 0.1) is 5.75 Å². The van der Waals surface area contributed by atoms with Gasteiger partial charge in [0.2, 0.25) is 15.9 Å². The van der Waals surface area contributed by atoms with Crippen molar-refractivity contribution in [2.75, 3.05) is 17.6 Å². The number of sulfonamides is 1. The number of benzene rings is 2. The van der Waals surface area contributed by atoms with Crippen LogP contribution in [0.25, 0.3) is 21.8 Å². The van der Waals surface area contributed by atoms with Crippen LogP contribution in [0.15, 0.2) is 42.5 Å². The van der Waals surface area contributed by atoms with E-state index in [-0.39, 0.29) is 11.7 Å². The van der Waals surface area contributed by atoms with Crippen molar-refractivity contribution in [1.29, 1.82) is 0 Å². The van der Waals surface area contributed by atoms with Crippen LogP contribution in [-0.4, -0.2) is 41.5 Å². The van der Waals surface area contributed by atoms with E-state index in [1.54, 1.807) is 0 Å². The summed E-state index contributed by atoms with van der Waals surface area (Å²) < 4.78 is 28.6. The Morgan fingerprint density at radius 3 is 2.62 bits per heavy atom. The summed E-state index contributed by atoms with van der Waals surface area (Å²) in [6.07, 6.45) is 1.82. The molecule has 1 aromatic heterocycles. The highest BCUT2D eigenvalue weighted by molar-refractivity contribution is 7.89. The fourth-order valence-electron chi connectivity index (χ4n) is 4.41. The molecule has 1 unspecified atom stereocenters. The molecular weight excluding hydrogens is 386 g/mol. The van der Waals surface area contributed by atoms with E-state index >= 15 is 0 Å². The third kappa shape index (κ3) is 3.53. The van der Waals surface area contributed by atoms with Gasteiger partial charge in [0, 0.05) is 40.6 Å². The second kappa shape index (κ2) is 7.80. The van der Waals surface area contributed by atoms with E-state index in [2.05, 4.69) is 28.9 Å². The summed E-state index contributed by atoms with van der Waals surface area (Å²) in [5.41, 5.74) is 2.99. The normalized spacial score (nSPS) is 17.9. The number of aryl methyl sites for hydroxylation is 1. The number of fused-ring (bicyclic) bond motifs is 3. The van der Waals surface area contributed by atoms with Crippen LogP contribution in [0, 0.1) is 0 Å². The quantitative estimate of drug-likeness (QED) is 0.665. The summed E-state index contributed by atoms with van der Waals surface area (Å²) >= 11 is 0. The van der Waals surface area contributed by atoms with Crippen molar-refractivity contribution in [1.82, 2.24) is 8.87 Å². The number of nitrogens with one attached hydrogen (secondary N) is 1. The monoisotopic (exact) mass is 413 g/mol. The molecule has 1 amide bonds. The predicted molar refractivity (Wildman–Crippen MR) is 118 cm³/mol. The number of hydrogen-bond acceptors (Lipinski definition) is 3. The average Bonchev–Trinajstić information content (AvgIpc) is 3.31. The molecule has 6 nitrogen and oxygen atoms in total. The van der Waals surface area contributed by atoms with Gasteiger partial charge in [-0.1, -0.05) is 25.1 Å². The van der Waals surface area contributed by atoms with Crippen LogP contribution in [0.3, 0.4) is 0 Å². The number of para-hydroxylation sites is 1. The third-order valence-corrected chi connectivity index (χ3v) is 7.76. The van der Waals surface area contributed by atoms with E-state index in [4.69, 9.17) is 0 Å². The molecule has 0 saturated carbocycles. The fourth-order valence-corrected chi connectivity index (χ4v) is 6.15. The number of aromatic nitrogens is 1. The standard InChI is InChI=1S/C22H27N3O3S/c1-3-14-29(27,28)25-13-7-10-21(25)22(26)23-16-11-12-20-18(15-16)17-8-5-6-9-19(17)24(20)4-2/h5-6,8-9,11-12,15,21H,3-4,7,10,13-14H2,1-2H3,(H,23,26). The van der Waals surface area contributed by atoms with Crippen LogP contribution in [0.1, 0.15) is 33.1 Å². The molecule has 2 aromatic carbocycles. The number of hydrogen-bond donors (Lipinski definition) is 1. The largest absolute Gasteiger partial charge is 0.341 e. The van der Waals surface area contributed by atoms with E-state index in [1.807, 2.05) is 37.3 Å². The molecule has 0 radical (unpaired) electrons. The van der Waals surface area contributed by atoms with Crippen LogP contribution >= 0.6 is 0 Å². The molecule has 1 N–H and O–H groups in total. The lowest BCUT2D eigenvalue weighted by atomic mass is 10.1. The van der Waals surface area contributed by atoms with Gasteiger partial charge < -0.3 is 9.88 Å². The molecule has 2 heterocycles. The molecule has 1 fully saturated rings. The Morgan fingerprint density at radius 1 is 1.10 bits per heavy atom. The molecule has 1 aliphatic rings. The van der Waals surface area contributed by atoms with E-state index in [0.717, 1.165) is 22.8 Å². The van der Waals surface area contributed by atoms with Crippen LogP contribution < -0.4 is 5.32 Å². The van der Waals surface area contributed by atoms with Crippen molar-refractivity contribution in [3.8, 4) is 0 Å². The smallest absolute Gasteiger partial charge is 0.242 e. The van der Waals surface area contributed by atoms with Crippen molar-refractivity contribution in [2.45, 2.75) is 45.7 Å². The zero-order valence-electron chi connectivity index (χ0n) is 16.9. The minimum atomic E-state index is -3.39. The second-order valence-electron chi connectivity index (χ2n) is 7.57. The Kier molecular flexibility index (Phi) is 5.36. The summed E-state index contributed by atoms with van der Waals surface area (Å²) in [7, 11) is -3.39. The minimum absolute atomic E-state index is 0.0826. The van der Waals surface area contributed by atoms with E-state index in [1.165, 1.54) is 9.82 Å².